The minimum absolute atomic E-state index is 0.0739. The van der Waals surface area contributed by atoms with Gasteiger partial charge in [-0.15, -0.1) is 9.42 Å². The largest absolute Gasteiger partial charge is 0.694 e. The molecule has 188 valence electrons. The maximum atomic E-state index is 14.2. The van der Waals surface area contributed by atoms with Crippen LogP contribution in [0.5, 0.6) is 11.5 Å². The van der Waals surface area contributed by atoms with Gasteiger partial charge in [0.05, 0.1) is 25.2 Å². The Bertz CT molecular complexity index is 1070. The lowest BCUT2D eigenvalue weighted by Gasteiger charge is -2.14. The molecule has 35 heavy (non-hydrogen) atoms. The highest BCUT2D eigenvalue weighted by atomic mass is 31.1. The molecular formula is C26H32FNO6P+. The van der Waals surface area contributed by atoms with E-state index in [2.05, 4.69) is 15.9 Å². The third-order valence-electron chi connectivity index (χ3n) is 5.13. The lowest BCUT2D eigenvalue weighted by molar-refractivity contribution is 0.231. The number of hydrogen-bond donors (Lipinski definition) is 2. The monoisotopic (exact) mass is 504 g/mol. The summed E-state index contributed by atoms with van der Waals surface area (Å²) in [6.07, 6.45) is 5.29. The van der Waals surface area contributed by atoms with Crippen molar-refractivity contribution in [3.05, 3.63) is 71.9 Å². The normalized spacial score (nSPS) is 11.6. The molecule has 0 amide bonds. The van der Waals surface area contributed by atoms with Gasteiger partial charge in [0, 0.05) is 22.2 Å². The molecule has 7 nitrogen and oxygen atoms in total. The fraction of sp³-hybridized carbons (Fsp3) is 0.385. The van der Waals surface area contributed by atoms with Crippen LogP contribution in [0, 0.1) is 5.82 Å². The van der Waals surface area contributed by atoms with Crippen molar-refractivity contribution >= 4 is 8.25 Å². The standard InChI is InChI=1S/C26H31FNO6P/c1-19(2)34-26-9-6-20(16-24(26)27)5-3-12-32-25-8-7-21(15-23(25)22-10-14-31-18-22)17-28-11-4-13-33-35(29)30/h6-10,14-16,18-19,28H,3-5,11-13,17H2,1-2H3/p+1. The fourth-order valence-electron chi connectivity index (χ4n) is 3.54. The summed E-state index contributed by atoms with van der Waals surface area (Å²) in [6, 6.07) is 13.0. The molecule has 0 aliphatic carbocycles. The first-order chi connectivity index (χ1) is 16.9. The minimum atomic E-state index is -2.54. The summed E-state index contributed by atoms with van der Waals surface area (Å²) in [5, 5.41) is 3.30. The van der Waals surface area contributed by atoms with Crippen LogP contribution in [0.25, 0.3) is 11.1 Å². The van der Waals surface area contributed by atoms with E-state index in [-0.39, 0.29) is 24.3 Å². The Kier molecular flexibility index (Phi) is 10.7. The second-order valence-corrected chi connectivity index (χ2v) is 9.06. The molecular weight excluding hydrogens is 472 g/mol. The Morgan fingerprint density at radius 1 is 1.06 bits per heavy atom. The lowest BCUT2D eigenvalue weighted by atomic mass is 10.0. The van der Waals surface area contributed by atoms with Gasteiger partial charge < -0.3 is 19.2 Å². The maximum absolute atomic E-state index is 14.2. The van der Waals surface area contributed by atoms with Crippen molar-refractivity contribution in [3.63, 3.8) is 0 Å². The average molecular weight is 505 g/mol. The molecule has 0 spiro atoms. The predicted octanol–water partition coefficient (Wildman–Crippen LogP) is 6.03. The van der Waals surface area contributed by atoms with E-state index in [1.807, 2.05) is 38.1 Å². The Labute approximate surface area is 206 Å². The van der Waals surface area contributed by atoms with Crippen LogP contribution in [0.2, 0.25) is 0 Å². The molecule has 3 aromatic rings. The van der Waals surface area contributed by atoms with Crippen LogP contribution in [0.15, 0.2) is 59.4 Å². The zero-order valence-corrected chi connectivity index (χ0v) is 20.9. The highest BCUT2D eigenvalue weighted by Crippen LogP contribution is 2.32. The summed E-state index contributed by atoms with van der Waals surface area (Å²) in [7, 11) is -2.54. The molecule has 1 aromatic heterocycles. The molecule has 1 unspecified atom stereocenters. The van der Waals surface area contributed by atoms with Gasteiger partial charge in [-0.3, -0.25) is 0 Å². The zero-order chi connectivity index (χ0) is 25.0. The number of nitrogens with one attached hydrogen (secondary N) is 1. The highest BCUT2D eigenvalue weighted by Gasteiger charge is 2.12. The van der Waals surface area contributed by atoms with E-state index in [0.29, 0.717) is 32.5 Å². The number of rotatable bonds is 15. The predicted molar refractivity (Wildman–Crippen MR) is 132 cm³/mol. The number of furan rings is 1. The van der Waals surface area contributed by atoms with Crippen molar-refractivity contribution < 1.29 is 32.3 Å². The molecule has 2 N–H and O–H groups in total. The molecule has 2 aromatic carbocycles. The van der Waals surface area contributed by atoms with Crippen molar-refractivity contribution in [2.24, 2.45) is 0 Å². The summed E-state index contributed by atoms with van der Waals surface area (Å²) in [6.45, 7) is 5.75. The molecule has 3 rings (SSSR count). The third-order valence-corrected chi connectivity index (χ3v) is 5.53. The molecule has 9 heteroatoms. The molecule has 0 saturated carbocycles. The quantitative estimate of drug-likeness (QED) is 0.193. The average Bonchev–Trinajstić information content (AvgIpc) is 3.35. The van der Waals surface area contributed by atoms with E-state index in [4.69, 9.17) is 18.8 Å². The summed E-state index contributed by atoms with van der Waals surface area (Å²) in [5.74, 6) is 0.678. The third kappa shape index (κ3) is 9.07. The van der Waals surface area contributed by atoms with Crippen molar-refractivity contribution in [3.8, 4) is 22.6 Å². The van der Waals surface area contributed by atoms with Gasteiger partial charge in [-0.25, -0.2) is 4.39 Å². The highest BCUT2D eigenvalue weighted by molar-refractivity contribution is 7.32. The van der Waals surface area contributed by atoms with Crippen LogP contribution in [-0.2, 0) is 22.1 Å². The summed E-state index contributed by atoms with van der Waals surface area (Å²) < 4.78 is 46.2. The molecule has 1 atom stereocenters. The second-order valence-electron chi connectivity index (χ2n) is 8.33. The summed E-state index contributed by atoms with van der Waals surface area (Å²) >= 11 is 0. The van der Waals surface area contributed by atoms with Gasteiger partial charge in [-0.2, -0.15) is 0 Å². The topological polar surface area (TPSA) is 90.2 Å². The van der Waals surface area contributed by atoms with Crippen molar-refractivity contribution in [1.29, 1.82) is 0 Å². The van der Waals surface area contributed by atoms with Gasteiger partial charge in [-0.1, -0.05) is 12.1 Å². The van der Waals surface area contributed by atoms with Crippen LogP contribution < -0.4 is 14.8 Å². The molecule has 0 fully saturated rings. The molecule has 0 radical (unpaired) electrons. The number of benzene rings is 2. The smallest absolute Gasteiger partial charge is 0.493 e. The summed E-state index contributed by atoms with van der Waals surface area (Å²) in [4.78, 5) is 8.64. The van der Waals surface area contributed by atoms with Gasteiger partial charge in [0.2, 0.25) is 0 Å². The molecule has 1 heterocycles. The Morgan fingerprint density at radius 3 is 2.57 bits per heavy atom. The number of halogens is 1. The van der Waals surface area contributed by atoms with Crippen molar-refractivity contribution in [1.82, 2.24) is 5.32 Å². The van der Waals surface area contributed by atoms with Gasteiger partial charge in [0.25, 0.3) is 0 Å². The van der Waals surface area contributed by atoms with Crippen LogP contribution in [0.3, 0.4) is 0 Å². The fourth-order valence-corrected chi connectivity index (χ4v) is 3.82. The van der Waals surface area contributed by atoms with Crippen LogP contribution in [0.1, 0.15) is 37.8 Å². The van der Waals surface area contributed by atoms with Gasteiger partial charge >= 0.3 is 8.25 Å². The minimum Gasteiger partial charge on any atom is -0.493 e. The van der Waals surface area contributed by atoms with E-state index in [9.17, 15) is 8.96 Å². The van der Waals surface area contributed by atoms with Crippen molar-refractivity contribution in [2.75, 3.05) is 19.8 Å². The molecule has 0 bridgehead atoms. The number of aryl methyl sites for hydroxylation is 1. The van der Waals surface area contributed by atoms with Crippen LogP contribution >= 0.6 is 8.25 Å². The first-order valence-electron chi connectivity index (χ1n) is 11.7. The summed E-state index contributed by atoms with van der Waals surface area (Å²) in [5.41, 5.74) is 3.82. The van der Waals surface area contributed by atoms with Gasteiger partial charge in [-0.05, 0) is 81.1 Å². The van der Waals surface area contributed by atoms with E-state index >= 15 is 0 Å². The lowest BCUT2D eigenvalue weighted by Crippen LogP contribution is -2.16. The Morgan fingerprint density at radius 2 is 1.86 bits per heavy atom. The first kappa shape index (κ1) is 26.8. The van der Waals surface area contributed by atoms with Gasteiger partial charge in [0.15, 0.2) is 11.6 Å². The van der Waals surface area contributed by atoms with Gasteiger partial charge in [0.1, 0.15) is 12.4 Å². The van der Waals surface area contributed by atoms with E-state index in [1.165, 1.54) is 6.07 Å². The SMILES string of the molecule is CC(C)Oc1ccc(CCCOc2ccc(CNCCCO[P+](=O)O)cc2-c2ccoc2)cc1F. The van der Waals surface area contributed by atoms with Crippen LogP contribution in [-0.4, -0.2) is 30.8 Å². The number of hydrogen-bond acceptors (Lipinski definition) is 6. The number of ether oxygens (including phenoxy) is 2. The van der Waals surface area contributed by atoms with E-state index in [0.717, 1.165) is 34.4 Å². The Hall–Kier alpha value is -2.77. The maximum Gasteiger partial charge on any atom is 0.694 e. The Balaban J connectivity index is 1.53. The first-order valence-corrected chi connectivity index (χ1v) is 12.8. The zero-order valence-electron chi connectivity index (χ0n) is 20.0. The second kappa shape index (κ2) is 14.0. The molecule has 0 saturated heterocycles. The molecule has 0 aliphatic rings. The van der Waals surface area contributed by atoms with E-state index < -0.39 is 8.25 Å². The van der Waals surface area contributed by atoms with Crippen molar-refractivity contribution in [2.45, 2.75) is 45.8 Å². The van der Waals surface area contributed by atoms with Crippen LogP contribution in [0.4, 0.5) is 4.39 Å². The molecule has 0 aliphatic heterocycles. The van der Waals surface area contributed by atoms with E-state index in [1.54, 1.807) is 18.6 Å².